The van der Waals surface area contributed by atoms with E-state index < -0.39 is 42.0 Å². The number of carbonyl (C=O) groups excluding carboxylic acids is 3. The normalized spacial score (nSPS) is 25.7. The van der Waals surface area contributed by atoms with Gasteiger partial charge in [-0.05, 0) is 32.3 Å². The van der Waals surface area contributed by atoms with Gasteiger partial charge in [0.2, 0.25) is 0 Å². The second kappa shape index (κ2) is 13.0. The largest absolute Gasteiger partial charge is 0.481 e. The predicted molar refractivity (Wildman–Crippen MR) is 99.4 cm³/mol. The van der Waals surface area contributed by atoms with Crippen LogP contribution in [-0.2, 0) is 28.7 Å². The number of aliphatic hydroxyl groups is 1. The van der Waals surface area contributed by atoms with Crippen molar-refractivity contribution in [1.82, 2.24) is 0 Å². The topological polar surface area (TPSA) is 127 Å². The Hall–Kier alpha value is -2.22. The fraction of sp³-hybridized carbons (Fsp3) is 0.700. The van der Waals surface area contributed by atoms with E-state index in [0.29, 0.717) is 25.7 Å². The Kier molecular flexibility index (Phi) is 11.1. The molecule has 0 aromatic carbocycles. The van der Waals surface area contributed by atoms with E-state index in [1.807, 2.05) is 0 Å². The van der Waals surface area contributed by atoms with Crippen LogP contribution in [0.1, 0.15) is 71.1 Å². The molecule has 0 aromatic heterocycles. The SMILES string of the molecule is C[C@@H]1CC(O)CCCCCCC[C@H](OC(=O)CCC(=O)O)C(=O)C=CC(=O)O1. The lowest BCUT2D eigenvalue weighted by molar-refractivity contribution is -0.155. The second-order valence-corrected chi connectivity index (χ2v) is 7.09. The summed E-state index contributed by atoms with van der Waals surface area (Å²) in [6, 6.07) is 0. The molecule has 0 amide bonds. The Morgan fingerprint density at radius 3 is 2.39 bits per heavy atom. The van der Waals surface area contributed by atoms with E-state index in [-0.39, 0.29) is 12.8 Å². The third-order valence-corrected chi connectivity index (χ3v) is 4.44. The van der Waals surface area contributed by atoms with Gasteiger partial charge >= 0.3 is 17.9 Å². The zero-order valence-electron chi connectivity index (χ0n) is 16.3. The average Bonchev–Trinajstić information content (AvgIpc) is 2.61. The number of ether oxygens (including phenoxy) is 2. The Bertz CT molecular complexity index is 569. The number of carboxylic acid groups (broad SMARTS) is 1. The fourth-order valence-electron chi connectivity index (χ4n) is 2.97. The lowest BCUT2D eigenvalue weighted by atomic mass is 10.0. The van der Waals surface area contributed by atoms with E-state index in [2.05, 4.69) is 0 Å². The summed E-state index contributed by atoms with van der Waals surface area (Å²) in [6.45, 7) is 1.67. The third-order valence-electron chi connectivity index (χ3n) is 4.44. The molecular weight excluding hydrogens is 368 g/mol. The van der Waals surface area contributed by atoms with Gasteiger partial charge in [0.1, 0.15) is 6.10 Å². The van der Waals surface area contributed by atoms with Crippen LogP contribution in [0.3, 0.4) is 0 Å². The number of cyclic esters (lactones) is 1. The molecule has 1 aliphatic heterocycles. The molecule has 0 spiro atoms. The first-order valence-corrected chi connectivity index (χ1v) is 9.79. The summed E-state index contributed by atoms with van der Waals surface area (Å²) in [6.07, 6.45) is 4.74. The van der Waals surface area contributed by atoms with E-state index in [1.165, 1.54) is 0 Å². The van der Waals surface area contributed by atoms with Gasteiger partial charge in [0.15, 0.2) is 11.9 Å². The van der Waals surface area contributed by atoms with Crippen LogP contribution in [-0.4, -0.2) is 52.2 Å². The maximum absolute atomic E-state index is 12.3. The van der Waals surface area contributed by atoms with Crippen LogP contribution in [0.5, 0.6) is 0 Å². The summed E-state index contributed by atoms with van der Waals surface area (Å²) in [5.74, 6) is -3.13. The molecule has 1 unspecified atom stereocenters. The molecule has 0 aromatic rings. The van der Waals surface area contributed by atoms with Crippen LogP contribution in [0.15, 0.2) is 12.2 Å². The number of rotatable bonds is 4. The molecule has 0 radical (unpaired) electrons. The van der Waals surface area contributed by atoms with Crippen LogP contribution in [0, 0.1) is 0 Å². The summed E-state index contributed by atoms with van der Waals surface area (Å²) in [5, 5.41) is 18.6. The lowest BCUT2D eigenvalue weighted by Gasteiger charge is -2.17. The van der Waals surface area contributed by atoms with Crippen LogP contribution in [0.25, 0.3) is 0 Å². The molecule has 0 aliphatic carbocycles. The molecule has 0 saturated carbocycles. The number of aliphatic carboxylic acids is 1. The highest BCUT2D eigenvalue weighted by atomic mass is 16.5. The second-order valence-electron chi connectivity index (χ2n) is 7.09. The number of esters is 2. The summed E-state index contributed by atoms with van der Waals surface area (Å²) in [4.78, 5) is 46.5. The van der Waals surface area contributed by atoms with Crippen molar-refractivity contribution in [2.75, 3.05) is 0 Å². The highest BCUT2D eigenvalue weighted by Crippen LogP contribution is 2.16. The zero-order valence-corrected chi connectivity index (χ0v) is 16.3. The highest BCUT2D eigenvalue weighted by Gasteiger charge is 2.22. The van der Waals surface area contributed by atoms with Gasteiger partial charge in [-0.3, -0.25) is 14.4 Å². The molecule has 0 bridgehead atoms. The molecule has 2 N–H and O–H groups in total. The van der Waals surface area contributed by atoms with Gasteiger partial charge in [-0.2, -0.15) is 0 Å². The zero-order chi connectivity index (χ0) is 20.9. The smallest absolute Gasteiger partial charge is 0.331 e. The minimum absolute atomic E-state index is 0.302. The molecule has 0 saturated heterocycles. The molecular formula is C20H30O8. The third kappa shape index (κ3) is 10.8. The molecule has 3 atom stereocenters. The molecule has 8 nitrogen and oxygen atoms in total. The summed E-state index contributed by atoms with van der Waals surface area (Å²) in [5.41, 5.74) is 0. The molecule has 0 fully saturated rings. The van der Waals surface area contributed by atoms with E-state index in [4.69, 9.17) is 14.6 Å². The Morgan fingerprint density at radius 1 is 1.07 bits per heavy atom. The molecule has 28 heavy (non-hydrogen) atoms. The Labute approximate surface area is 164 Å². The molecule has 8 heteroatoms. The van der Waals surface area contributed by atoms with Gasteiger partial charge in [-0.1, -0.05) is 25.7 Å². The summed E-state index contributed by atoms with van der Waals surface area (Å²) in [7, 11) is 0. The molecule has 158 valence electrons. The van der Waals surface area contributed by atoms with E-state index in [0.717, 1.165) is 37.8 Å². The van der Waals surface area contributed by atoms with E-state index >= 15 is 0 Å². The first kappa shape index (κ1) is 23.8. The van der Waals surface area contributed by atoms with Crippen molar-refractivity contribution in [3.8, 4) is 0 Å². The van der Waals surface area contributed by atoms with Crippen LogP contribution in [0.4, 0.5) is 0 Å². The number of aliphatic hydroxyl groups excluding tert-OH is 1. The first-order valence-electron chi connectivity index (χ1n) is 9.79. The summed E-state index contributed by atoms with van der Waals surface area (Å²) < 4.78 is 10.3. The van der Waals surface area contributed by atoms with Crippen molar-refractivity contribution < 1.29 is 38.9 Å². The number of hydrogen-bond donors (Lipinski definition) is 2. The molecule has 1 heterocycles. The number of carbonyl (C=O) groups is 4. The van der Waals surface area contributed by atoms with Crippen molar-refractivity contribution in [2.24, 2.45) is 0 Å². The Balaban J connectivity index is 2.74. The van der Waals surface area contributed by atoms with Gasteiger partial charge in [0.25, 0.3) is 0 Å². The maximum Gasteiger partial charge on any atom is 0.331 e. The number of carboxylic acids is 1. The standard InChI is InChI=1S/C20H30O8/c1-14-13-15(21)7-5-3-2-4-6-8-17(16(22)9-11-19(25)27-14)28-20(26)12-10-18(23)24/h9,11,14-15,17,21H,2-8,10,12-13H2,1H3,(H,23,24)/t14-,15?,17+/m1/s1. The van der Waals surface area contributed by atoms with E-state index in [1.54, 1.807) is 6.92 Å². The minimum atomic E-state index is -1.12. The lowest BCUT2D eigenvalue weighted by Crippen LogP contribution is -2.27. The van der Waals surface area contributed by atoms with Gasteiger partial charge in [0.05, 0.1) is 18.9 Å². The van der Waals surface area contributed by atoms with Crippen molar-refractivity contribution >= 4 is 23.7 Å². The van der Waals surface area contributed by atoms with Crippen molar-refractivity contribution in [3.63, 3.8) is 0 Å². The summed E-state index contributed by atoms with van der Waals surface area (Å²) >= 11 is 0. The minimum Gasteiger partial charge on any atom is -0.481 e. The van der Waals surface area contributed by atoms with Crippen molar-refractivity contribution in [3.05, 3.63) is 12.2 Å². The predicted octanol–water partition coefficient (Wildman–Crippen LogP) is 2.32. The van der Waals surface area contributed by atoms with Gasteiger partial charge < -0.3 is 19.7 Å². The van der Waals surface area contributed by atoms with Crippen LogP contribution < -0.4 is 0 Å². The Morgan fingerprint density at radius 2 is 1.71 bits per heavy atom. The van der Waals surface area contributed by atoms with E-state index in [9.17, 15) is 24.3 Å². The molecule has 1 rings (SSSR count). The van der Waals surface area contributed by atoms with Gasteiger partial charge in [-0.15, -0.1) is 0 Å². The average molecular weight is 398 g/mol. The fourth-order valence-corrected chi connectivity index (χ4v) is 2.97. The number of ketones is 1. The van der Waals surface area contributed by atoms with Gasteiger partial charge in [0, 0.05) is 12.5 Å². The van der Waals surface area contributed by atoms with Crippen molar-refractivity contribution in [1.29, 1.82) is 0 Å². The highest BCUT2D eigenvalue weighted by molar-refractivity contribution is 5.99. The van der Waals surface area contributed by atoms with Crippen LogP contribution in [0.2, 0.25) is 0 Å². The van der Waals surface area contributed by atoms with Crippen LogP contribution >= 0.6 is 0 Å². The maximum atomic E-state index is 12.3. The molecule has 1 aliphatic rings. The first-order chi connectivity index (χ1) is 13.3. The van der Waals surface area contributed by atoms with Crippen molar-refractivity contribution in [2.45, 2.75) is 89.4 Å². The van der Waals surface area contributed by atoms with Gasteiger partial charge in [-0.25, -0.2) is 4.79 Å². The monoisotopic (exact) mass is 398 g/mol. The number of hydrogen-bond acceptors (Lipinski definition) is 7. The quantitative estimate of drug-likeness (QED) is 0.691.